The zero-order chi connectivity index (χ0) is 67.1. The molecule has 0 amide bonds. The van der Waals surface area contributed by atoms with Crippen LogP contribution >= 0.6 is 12.4 Å². The number of nitrogens with two attached hydrogens (primary N) is 1. The van der Waals surface area contributed by atoms with Gasteiger partial charge in [0, 0.05) is 59.4 Å². The Morgan fingerprint density at radius 2 is 1.03 bits per heavy atom. The fourth-order valence-corrected chi connectivity index (χ4v) is 8.71. The maximum absolute atomic E-state index is 11.7. The number of rotatable bonds is 24. The van der Waals surface area contributed by atoms with Gasteiger partial charge in [0.15, 0.2) is 0 Å². The summed E-state index contributed by atoms with van der Waals surface area (Å²) in [5.74, 6) is 2.49. The Hall–Kier alpha value is -1.15. The minimum Gasteiger partial charge on any atom is -1.00 e. The van der Waals surface area contributed by atoms with Crippen molar-refractivity contribution < 1.29 is 245 Å². The van der Waals surface area contributed by atoms with Crippen molar-refractivity contribution in [2.45, 2.75) is 168 Å². The summed E-state index contributed by atoms with van der Waals surface area (Å²) < 4.78 is 83.8. The number of phenolic OH excluding ortho intramolecular Hbond substituents is 1. The minimum atomic E-state index is -3.26. The van der Waals surface area contributed by atoms with Crippen molar-refractivity contribution in [2.75, 3.05) is 86.0 Å². The molecule has 0 radical (unpaired) electrons. The van der Waals surface area contributed by atoms with E-state index in [2.05, 4.69) is 13.8 Å². The first kappa shape index (κ1) is 94.0. The fourth-order valence-electron chi connectivity index (χ4n) is 8.27. The first-order valence-electron chi connectivity index (χ1n) is 30.5. The van der Waals surface area contributed by atoms with Crippen molar-refractivity contribution >= 4 is 46.9 Å². The van der Waals surface area contributed by atoms with Gasteiger partial charge in [-0.15, -0.1) is 12.4 Å². The standard InChI is InChI=1S/C21H32O5.C15H23NO3.C15H22O4.C7H14O4S.C4H8O2.CH3F.CH2O3.ClH.2Cs.H/c1-21(2,3)26-20(23)9-5-8-19(22)17-6-4-7-18(14-17)25-15-16-10-12-24-13-11-16;16-7-4-15(17)13-2-1-3-14(10-13)19-11-12-5-8-18-9-6-12;1-15(2,3)19-14(18)9-5-8-13(17)11-6-4-7-12(16)10-11;1-12(8,9)11-6-7-2-4-10-5-3-7;1-3-6-4(2)5;1-2;2-1-4-3;;;;/h4,6-7,14,16,19,22H,5,8-13,15H2,1-3H3;1-3,10,12,15,17H,4-9,11,16H2;4,6-7,10,13,16-17H,5,8-9H2,1-3H3;7H,2-6H2,1H3;3H2,1-2H3;1H3;1,3H;1H;;;/q;;;;;;;;2*+1;-1/p-1/t19-;15-;13-;;;;;;;;/m111......../s1/i;;;;;1D;;;;;. The molecule has 3 fully saturated rings. The summed E-state index contributed by atoms with van der Waals surface area (Å²) in [7, 11) is -4.26. The van der Waals surface area contributed by atoms with Crippen LogP contribution in [-0.4, -0.2) is 150 Å². The molecule has 3 aliphatic rings. The Labute approximate surface area is 667 Å². The van der Waals surface area contributed by atoms with E-state index in [-0.39, 0.29) is 188 Å². The summed E-state index contributed by atoms with van der Waals surface area (Å²) in [6.07, 6.45) is 8.57. The second kappa shape index (κ2) is 57.9. The number of aliphatic hydroxyl groups excluding tert-OH is 3. The largest absolute Gasteiger partial charge is 1.00 e. The molecule has 27 heteroatoms. The van der Waals surface area contributed by atoms with Crippen LogP contribution < -0.4 is 158 Å². The van der Waals surface area contributed by atoms with Crippen LogP contribution in [0.25, 0.3) is 0 Å². The molecule has 3 aliphatic heterocycles. The van der Waals surface area contributed by atoms with Crippen molar-refractivity contribution in [3.8, 4) is 17.2 Å². The molecule has 22 nitrogen and oxygen atoms in total. The van der Waals surface area contributed by atoms with E-state index in [1.165, 1.54) is 13.0 Å². The van der Waals surface area contributed by atoms with Gasteiger partial charge in [-0.25, -0.2) is 0 Å². The summed E-state index contributed by atoms with van der Waals surface area (Å²) in [6.45, 7) is 21.4. The Morgan fingerprint density at radius 1 is 0.692 bits per heavy atom. The molecule has 3 heterocycles. The third-order valence-corrected chi connectivity index (χ3v) is 13.2. The van der Waals surface area contributed by atoms with E-state index in [1.807, 2.05) is 90.1 Å². The van der Waals surface area contributed by atoms with Gasteiger partial charge in [-0.2, -0.15) is 8.42 Å². The second-order valence-corrected chi connectivity index (χ2v) is 24.4. The first-order chi connectivity index (χ1) is 42.1. The molecule has 3 aromatic carbocycles. The number of ether oxygens (including phenoxy) is 8. The van der Waals surface area contributed by atoms with Crippen LogP contribution in [0.5, 0.6) is 17.2 Å². The van der Waals surface area contributed by atoms with E-state index in [4.69, 9.17) is 50.3 Å². The van der Waals surface area contributed by atoms with Gasteiger partial charge in [0.2, 0.25) is 0 Å². The number of halogens is 2. The number of alkyl halides is 1. The number of hydrogen-bond donors (Lipinski definition) is 5. The van der Waals surface area contributed by atoms with E-state index in [9.17, 15) is 47.6 Å². The molecule has 0 saturated carbocycles. The summed E-state index contributed by atoms with van der Waals surface area (Å²) in [6, 6.07) is 21.7. The van der Waals surface area contributed by atoms with E-state index in [0.717, 1.165) is 114 Å². The molecule has 514 valence electrons. The van der Waals surface area contributed by atoms with Crippen LogP contribution in [0, 0.1) is 17.8 Å². The number of carbonyl (C=O) groups is 4. The van der Waals surface area contributed by atoms with Crippen LogP contribution in [0.15, 0.2) is 72.8 Å². The number of carbonyl (C=O) groups excluding carboxylic acids is 4. The summed E-state index contributed by atoms with van der Waals surface area (Å²) in [4.78, 5) is 44.3. The summed E-state index contributed by atoms with van der Waals surface area (Å²) >= 11 is 0. The predicted octanol–water partition coefficient (Wildman–Crippen LogP) is 3.37. The molecule has 0 spiro atoms. The summed E-state index contributed by atoms with van der Waals surface area (Å²) in [5.41, 5.74) is 6.87. The SMILES string of the molecule is CC(C)(C)OC(=O)CCC[C@@H](O)c1cccc(O)c1.CC(C)(C)OC(=O)CCC[C@@H](O)c1cccc(OCC2CCOCC2)c1.CCOC(C)=O.CS(=O)(=O)OCC1CCOCC1.Cl.NCC[C@@H](O)c1cccc(OCC2CCOCC2)c1.O=CO[O-].[2H]CF.[Cs+].[Cs+].[H-]. The maximum Gasteiger partial charge on any atom is 1.00 e. The van der Waals surface area contributed by atoms with Crippen LogP contribution in [0.1, 0.15) is 177 Å². The number of aliphatic hydroxyl groups is 3. The van der Waals surface area contributed by atoms with Gasteiger partial charge in [0.25, 0.3) is 16.6 Å². The Balaban J connectivity index is -0.000000350. The van der Waals surface area contributed by atoms with E-state index >= 15 is 0 Å². The van der Waals surface area contributed by atoms with Crippen LogP contribution in [0.4, 0.5) is 4.39 Å². The number of benzene rings is 3. The van der Waals surface area contributed by atoms with Crippen molar-refractivity contribution in [2.24, 2.45) is 23.5 Å². The molecule has 91 heavy (non-hydrogen) atoms. The predicted molar refractivity (Wildman–Crippen MR) is 336 cm³/mol. The Kier molecular flexibility index (Phi) is 59.8. The quantitative estimate of drug-likeness (QED) is 0.0214. The van der Waals surface area contributed by atoms with E-state index in [1.54, 1.807) is 25.1 Å². The van der Waals surface area contributed by atoms with Gasteiger partial charge in [-0.3, -0.25) is 27.8 Å². The smallest absolute Gasteiger partial charge is 1.00 e. The van der Waals surface area contributed by atoms with Gasteiger partial charge in [0.05, 0.1) is 59.5 Å². The fraction of sp³-hybridized carbons (Fsp3) is 0.656. The van der Waals surface area contributed by atoms with Crippen LogP contribution in [-0.2, 0) is 66.8 Å². The molecule has 0 bridgehead atoms. The van der Waals surface area contributed by atoms with Gasteiger partial charge in [-0.1, -0.05) is 36.4 Å². The molecule has 0 aliphatic carbocycles. The normalized spacial score (nSPS) is 15.1. The van der Waals surface area contributed by atoms with Gasteiger partial charge >= 0.3 is 156 Å². The zero-order valence-electron chi connectivity index (χ0n) is 57.6. The molecular formula is C64H105ClCs2FNO21S. The minimum absolute atomic E-state index is 0. The zero-order valence-corrected chi connectivity index (χ0v) is 69.8. The number of aromatic hydroxyl groups is 1. The molecule has 3 atom stereocenters. The Bertz CT molecular complexity index is 2460. The number of esters is 3. The van der Waals surface area contributed by atoms with Gasteiger partial charge < -0.3 is 75.6 Å². The molecule has 6 N–H and O–H groups in total. The van der Waals surface area contributed by atoms with Crippen LogP contribution in [0.3, 0.4) is 0 Å². The van der Waals surface area contributed by atoms with Crippen molar-refractivity contribution in [1.82, 2.24) is 0 Å². The average molecular weight is 1580 g/mol. The van der Waals surface area contributed by atoms with Crippen LogP contribution in [0.2, 0.25) is 0 Å². The monoisotopic (exact) mass is 1580 g/mol. The van der Waals surface area contributed by atoms with E-state index < -0.39 is 46.8 Å². The van der Waals surface area contributed by atoms with Crippen molar-refractivity contribution in [3.63, 3.8) is 0 Å². The molecule has 3 aromatic rings. The third kappa shape index (κ3) is 55.5. The Morgan fingerprint density at radius 3 is 1.33 bits per heavy atom. The van der Waals surface area contributed by atoms with Gasteiger partial charge in [0.1, 0.15) is 28.5 Å². The second-order valence-electron chi connectivity index (χ2n) is 22.7. The molecule has 3 saturated heterocycles. The molecular weight excluding hydrogens is 1470 g/mol. The summed E-state index contributed by atoms with van der Waals surface area (Å²) in [5, 5.41) is 48.0. The number of hydrogen-bond acceptors (Lipinski definition) is 22. The molecule has 0 unspecified atom stereocenters. The van der Waals surface area contributed by atoms with E-state index in [0.29, 0.717) is 88.2 Å². The van der Waals surface area contributed by atoms with Crippen molar-refractivity contribution in [3.05, 3.63) is 89.5 Å². The third-order valence-electron chi connectivity index (χ3n) is 12.6. The first-order valence-corrected chi connectivity index (χ1v) is 31.6. The topological polar surface area (TPSA) is 325 Å². The van der Waals surface area contributed by atoms with Crippen molar-refractivity contribution in [1.29, 1.82) is 0 Å². The van der Waals surface area contributed by atoms with Gasteiger partial charge in [-0.05, 0) is 196 Å². The maximum atomic E-state index is 11.7. The molecule has 6 rings (SSSR count). The average Bonchev–Trinajstić information content (AvgIpc) is 1.45. The molecule has 0 aromatic heterocycles. The number of phenols is 1.